The van der Waals surface area contributed by atoms with Crippen LogP contribution < -0.4 is 5.32 Å². The van der Waals surface area contributed by atoms with Crippen molar-refractivity contribution in [2.45, 2.75) is 33.0 Å². The fourth-order valence-corrected chi connectivity index (χ4v) is 1.86. The van der Waals surface area contributed by atoms with Gasteiger partial charge in [0.05, 0.1) is 17.6 Å². The van der Waals surface area contributed by atoms with Crippen molar-refractivity contribution in [2.75, 3.05) is 0 Å². The summed E-state index contributed by atoms with van der Waals surface area (Å²) in [6.07, 6.45) is 3.79. The highest BCUT2D eigenvalue weighted by Crippen LogP contribution is 2.07. The lowest BCUT2D eigenvalue weighted by Crippen LogP contribution is -2.21. The molecule has 2 aromatic rings. The lowest BCUT2D eigenvalue weighted by Gasteiger charge is -2.05. The minimum Gasteiger partial charge on any atom is -0.478 e. The first-order valence-corrected chi connectivity index (χ1v) is 6.61. The number of carbonyl (C=O) groups is 1. The van der Waals surface area contributed by atoms with Crippen molar-refractivity contribution in [3.8, 4) is 0 Å². The summed E-state index contributed by atoms with van der Waals surface area (Å²) in [6, 6.07) is 7.33. The summed E-state index contributed by atoms with van der Waals surface area (Å²) in [7, 11) is 0. The fraction of sp³-hybridized carbons (Fsp3) is 0.333. The third kappa shape index (κ3) is 3.93. The van der Waals surface area contributed by atoms with Crippen LogP contribution in [0.5, 0.6) is 0 Å². The molecular formula is C15H19N3O2. The smallest absolute Gasteiger partial charge is 0.335 e. The zero-order chi connectivity index (χ0) is 14.5. The van der Waals surface area contributed by atoms with Crippen molar-refractivity contribution in [1.29, 1.82) is 0 Å². The van der Waals surface area contributed by atoms with E-state index in [1.54, 1.807) is 18.5 Å². The van der Waals surface area contributed by atoms with Crippen molar-refractivity contribution in [3.63, 3.8) is 0 Å². The minimum atomic E-state index is -0.902. The van der Waals surface area contributed by atoms with Gasteiger partial charge in [-0.2, -0.15) is 0 Å². The van der Waals surface area contributed by atoms with Crippen molar-refractivity contribution in [2.24, 2.45) is 0 Å². The van der Waals surface area contributed by atoms with Gasteiger partial charge in [0.2, 0.25) is 0 Å². The second kappa shape index (κ2) is 6.34. The van der Waals surface area contributed by atoms with Crippen molar-refractivity contribution in [1.82, 2.24) is 14.9 Å². The normalized spacial score (nSPS) is 10.9. The average molecular weight is 273 g/mol. The van der Waals surface area contributed by atoms with Gasteiger partial charge in [-0.15, -0.1) is 0 Å². The van der Waals surface area contributed by atoms with Crippen LogP contribution >= 0.6 is 0 Å². The standard InChI is InChI=1S/C15H19N3O2/c1-11(2)16-7-14-9-18(10-17-14)8-12-3-5-13(6-4-12)15(19)20/h3-6,9-11,16H,7-8H2,1-2H3,(H,19,20). The molecule has 0 aliphatic rings. The summed E-state index contributed by atoms with van der Waals surface area (Å²) in [5.74, 6) is -0.902. The third-order valence-electron chi connectivity index (χ3n) is 2.94. The molecule has 2 N–H and O–H groups in total. The zero-order valence-corrected chi connectivity index (χ0v) is 11.7. The molecule has 106 valence electrons. The van der Waals surface area contributed by atoms with Crippen LogP contribution in [0.3, 0.4) is 0 Å². The average Bonchev–Trinajstić information content (AvgIpc) is 2.84. The van der Waals surface area contributed by atoms with Gasteiger partial charge in [0.15, 0.2) is 0 Å². The Morgan fingerprint density at radius 1 is 1.35 bits per heavy atom. The first-order chi connectivity index (χ1) is 9.54. The van der Waals surface area contributed by atoms with E-state index in [-0.39, 0.29) is 0 Å². The van der Waals surface area contributed by atoms with Crippen LogP contribution in [0, 0.1) is 0 Å². The van der Waals surface area contributed by atoms with Gasteiger partial charge in [0, 0.05) is 25.3 Å². The molecule has 0 unspecified atom stereocenters. The summed E-state index contributed by atoms with van der Waals surface area (Å²) in [4.78, 5) is 15.1. The molecule has 0 spiro atoms. The monoisotopic (exact) mass is 273 g/mol. The lowest BCUT2D eigenvalue weighted by molar-refractivity contribution is 0.0697. The second-order valence-corrected chi connectivity index (χ2v) is 5.08. The predicted molar refractivity (Wildman–Crippen MR) is 76.7 cm³/mol. The molecule has 0 aliphatic heterocycles. The first-order valence-electron chi connectivity index (χ1n) is 6.61. The minimum absolute atomic E-state index is 0.307. The molecule has 5 heteroatoms. The Hall–Kier alpha value is -2.14. The summed E-state index contributed by atoms with van der Waals surface area (Å²) < 4.78 is 1.99. The van der Waals surface area contributed by atoms with E-state index >= 15 is 0 Å². The molecule has 0 aliphatic carbocycles. The maximum atomic E-state index is 10.8. The molecule has 0 saturated heterocycles. The number of aromatic nitrogens is 2. The van der Waals surface area contributed by atoms with Gasteiger partial charge in [0.1, 0.15) is 0 Å². The highest BCUT2D eigenvalue weighted by Gasteiger charge is 2.03. The van der Waals surface area contributed by atoms with Gasteiger partial charge in [-0.05, 0) is 17.7 Å². The van der Waals surface area contributed by atoms with Crippen LogP contribution in [0.4, 0.5) is 0 Å². The van der Waals surface area contributed by atoms with E-state index in [1.165, 1.54) is 0 Å². The third-order valence-corrected chi connectivity index (χ3v) is 2.94. The van der Waals surface area contributed by atoms with E-state index in [2.05, 4.69) is 24.1 Å². The van der Waals surface area contributed by atoms with Gasteiger partial charge in [-0.25, -0.2) is 9.78 Å². The molecule has 0 bridgehead atoms. The highest BCUT2D eigenvalue weighted by atomic mass is 16.4. The molecule has 5 nitrogen and oxygen atoms in total. The summed E-state index contributed by atoms with van der Waals surface area (Å²) in [6.45, 7) is 5.64. The van der Waals surface area contributed by atoms with E-state index < -0.39 is 5.97 Å². The van der Waals surface area contributed by atoms with Gasteiger partial charge in [-0.3, -0.25) is 0 Å². The number of rotatable bonds is 6. The lowest BCUT2D eigenvalue weighted by atomic mass is 10.1. The summed E-state index contributed by atoms with van der Waals surface area (Å²) >= 11 is 0. The molecule has 2 rings (SSSR count). The quantitative estimate of drug-likeness (QED) is 0.846. The highest BCUT2D eigenvalue weighted by molar-refractivity contribution is 5.87. The molecule has 20 heavy (non-hydrogen) atoms. The fourth-order valence-electron chi connectivity index (χ4n) is 1.86. The second-order valence-electron chi connectivity index (χ2n) is 5.08. The first kappa shape index (κ1) is 14.3. The molecule has 1 heterocycles. The molecule has 0 radical (unpaired) electrons. The number of hydrogen-bond donors (Lipinski definition) is 2. The Morgan fingerprint density at radius 2 is 2.05 bits per heavy atom. The van der Waals surface area contributed by atoms with Crippen molar-refractivity contribution >= 4 is 5.97 Å². The van der Waals surface area contributed by atoms with Crippen LogP contribution in [0.1, 0.15) is 35.5 Å². The predicted octanol–water partition coefficient (Wildman–Crippen LogP) is 2.13. The molecule has 0 fully saturated rings. The molecule has 0 amide bonds. The number of benzene rings is 1. The Labute approximate surface area is 118 Å². The van der Waals surface area contributed by atoms with Crippen LogP contribution in [0.2, 0.25) is 0 Å². The molecular weight excluding hydrogens is 254 g/mol. The maximum absolute atomic E-state index is 10.8. The van der Waals surface area contributed by atoms with Gasteiger partial charge in [-0.1, -0.05) is 26.0 Å². The van der Waals surface area contributed by atoms with E-state index in [0.29, 0.717) is 18.2 Å². The van der Waals surface area contributed by atoms with Crippen LogP contribution in [-0.4, -0.2) is 26.7 Å². The number of hydrogen-bond acceptors (Lipinski definition) is 3. The number of nitrogens with one attached hydrogen (secondary N) is 1. The van der Waals surface area contributed by atoms with E-state index in [0.717, 1.165) is 17.8 Å². The Balaban J connectivity index is 1.97. The SMILES string of the molecule is CC(C)NCc1cn(Cc2ccc(C(=O)O)cc2)cn1. The van der Waals surface area contributed by atoms with E-state index in [1.807, 2.05) is 22.9 Å². The van der Waals surface area contributed by atoms with Crippen LogP contribution in [-0.2, 0) is 13.1 Å². The van der Waals surface area contributed by atoms with Gasteiger partial charge in [0.25, 0.3) is 0 Å². The number of nitrogens with zero attached hydrogens (tertiary/aromatic N) is 2. The maximum Gasteiger partial charge on any atom is 0.335 e. The van der Waals surface area contributed by atoms with E-state index in [4.69, 9.17) is 5.11 Å². The topological polar surface area (TPSA) is 67.2 Å². The van der Waals surface area contributed by atoms with Gasteiger partial charge >= 0.3 is 5.97 Å². The molecule has 0 atom stereocenters. The Morgan fingerprint density at radius 3 is 2.65 bits per heavy atom. The van der Waals surface area contributed by atoms with Crippen LogP contribution in [0.15, 0.2) is 36.8 Å². The van der Waals surface area contributed by atoms with Crippen molar-refractivity contribution < 1.29 is 9.90 Å². The van der Waals surface area contributed by atoms with Crippen LogP contribution in [0.25, 0.3) is 0 Å². The molecule has 0 saturated carbocycles. The summed E-state index contributed by atoms with van der Waals surface area (Å²) in [5.41, 5.74) is 2.36. The Kier molecular flexibility index (Phi) is 4.53. The number of aromatic carboxylic acids is 1. The summed E-state index contributed by atoms with van der Waals surface area (Å²) in [5, 5.41) is 12.2. The number of carboxylic acids is 1. The van der Waals surface area contributed by atoms with E-state index in [9.17, 15) is 4.79 Å². The largest absolute Gasteiger partial charge is 0.478 e. The number of carboxylic acid groups (broad SMARTS) is 1. The van der Waals surface area contributed by atoms with Crippen molar-refractivity contribution in [3.05, 3.63) is 53.6 Å². The molecule has 1 aromatic heterocycles. The van der Waals surface area contributed by atoms with Gasteiger partial charge < -0.3 is 15.0 Å². The Bertz CT molecular complexity index is 573. The number of imidazole rings is 1. The molecule has 1 aromatic carbocycles. The zero-order valence-electron chi connectivity index (χ0n) is 11.7.